The number of esters is 1. The second-order valence-electron chi connectivity index (χ2n) is 3.66. The Morgan fingerprint density at radius 1 is 1.32 bits per heavy atom. The minimum Gasteiger partial charge on any atom is -0.465 e. The molecule has 0 aliphatic heterocycles. The highest BCUT2D eigenvalue weighted by Gasteiger charge is 2.25. The molecule has 1 aromatic carbocycles. The first-order valence-corrected chi connectivity index (χ1v) is 7.81. The van der Waals surface area contributed by atoms with E-state index in [4.69, 9.17) is 16.3 Å². The number of nitrogens with zero attached hydrogens (tertiary/aromatic N) is 1. The van der Waals surface area contributed by atoms with Crippen LogP contribution < -0.4 is 4.31 Å². The number of anilines is 1. The molecule has 0 radical (unpaired) electrons. The SMILES string of the molecule is CCOC(=O)CN(c1ccccc1Cl)S(=O)(=O)CC. The van der Waals surface area contributed by atoms with Crippen LogP contribution in [0, 0.1) is 0 Å². The summed E-state index contributed by atoms with van der Waals surface area (Å²) in [5.74, 6) is -0.739. The number of hydrogen-bond acceptors (Lipinski definition) is 4. The van der Waals surface area contributed by atoms with Crippen molar-refractivity contribution in [1.29, 1.82) is 0 Å². The number of hydrogen-bond donors (Lipinski definition) is 0. The number of carbonyl (C=O) groups is 1. The molecule has 0 saturated carbocycles. The molecular weight excluding hydrogens is 290 g/mol. The van der Waals surface area contributed by atoms with Gasteiger partial charge >= 0.3 is 5.97 Å². The van der Waals surface area contributed by atoms with Crippen molar-refractivity contribution in [1.82, 2.24) is 0 Å². The number of rotatable bonds is 6. The first kappa shape index (κ1) is 15.8. The largest absolute Gasteiger partial charge is 0.465 e. The van der Waals surface area contributed by atoms with Crippen molar-refractivity contribution in [3.05, 3.63) is 29.3 Å². The minimum atomic E-state index is -3.60. The smallest absolute Gasteiger partial charge is 0.326 e. The van der Waals surface area contributed by atoms with Crippen molar-refractivity contribution in [2.75, 3.05) is 23.2 Å². The molecule has 5 nitrogen and oxygen atoms in total. The third-order valence-electron chi connectivity index (χ3n) is 2.40. The van der Waals surface area contributed by atoms with Gasteiger partial charge in [-0.15, -0.1) is 0 Å². The van der Waals surface area contributed by atoms with Gasteiger partial charge in [-0.25, -0.2) is 8.42 Å². The summed E-state index contributed by atoms with van der Waals surface area (Å²) in [7, 11) is -3.60. The molecular formula is C12H16ClNO4S. The zero-order chi connectivity index (χ0) is 14.5. The molecule has 0 atom stereocenters. The van der Waals surface area contributed by atoms with E-state index in [2.05, 4.69) is 0 Å². The van der Waals surface area contributed by atoms with Crippen LogP contribution in [0.5, 0.6) is 0 Å². The van der Waals surface area contributed by atoms with Crippen molar-refractivity contribution < 1.29 is 17.9 Å². The van der Waals surface area contributed by atoms with Gasteiger partial charge in [-0.3, -0.25) is 9.10 Å². The van der Waals surface area contributed by atoms with Crippen LogP contribution in [-0.4, -0.2) is 33.3 Å². The summed E-state index contributed by atoms with van der Waals surface area (Å²) in [6, 6.07) is 6.46. The lowest BCUT2D eigenvalue weighted by Gasteiger charge is -2.23. The molecule has 0 aliphatic rings. The maximum absolute atomic E-state index is 12.1. The number of para-hydroxylation sites is 1. The van der Waals surface area contributed by atoms with E-state index in [1.54, 1.807) is 31.2 Å². The highest BCUT2D eigenvalue weighted by Crippen LogP contribution is 2.27. The number of carbonyl (C=O) groups excluding carboxylic acids is 1. The van der Waals surface area contributed by atoms with Gasteiger partial charge in [0, 0.05) is 0 Å². The number of benzene rings is 1. The van der Waals surface area contributed by atoms with E-state index in [9.17, 15) is 13.2 Å². The molecule has 0 aromatic heterocycles. The second-order valence-corrected chi connectivity index (χ2v) is 6.25. The predicted molar refractivity (Wildman–Crippen MR) is 74.9 cm³/mol. The van der Waals surface area contributed by atoms with Gasteiger partial charge in [0.15, 0.2) is 0 Å². The lowest BCUT2D eigenvalue weighted by molar-refractivity contribution is -0.141. The minimum absolute atomic E-state index is 0.127. The Bertz CT molecular complexity index is 544. The molecule has 0 saturated heterocycles. The van der Waals surface area contributed by atoms with Gasteiger partial charge in [0.1, 0.15) is 6.54 Å². The third-order valence-corrected chi connectivity index (χ3v) is 4.45. The Balaban J connectivity index is 3.14. The quantitative estimate of drug-likeness (QED) is 0.755. The van der Waals surface area contributed by atoms with Gasteiger partial charge in [0.05, 0.1) is 23.1 Å². The molecule has 0 spiro atoms. The van der Waals surface area contributed by atoms with Crippen LogP contribution in [0.1, 0.15) is 13.8 Å². The first-order chi connectivity index (χ1) is 8.92. The van der Waals surface area contributed by atoms with Gasteiger partial charge in [-0.05, 0) is 26.0 Å². The standard InChI is InChI=1S/C12H16ClNO4S/c1-3-18-12(15)9-14(19(16,17)4-2)11-8-6-5-7-10(11)13/h5-8H,3-4,9H2,1-2H3. The Morgan fingerprint density at radius 2 is 1.95 bits per heavy atom. The summed E-state index contributed by atoms with van der Waals surface area (Å²) >= 11 is 5.98. The molecule has 106 valence electrons. The van der Waals surface area contributed by atoms with Crippen LogP contribution in [-0.2, 0) is 19.6 Å². The van der Waals surface area contributed by atoms with Gasteiger partial charge < -0.3 is 4.74 Å². The molecule has 1 aromatic rings. The van der Waals surface area contributed by atoms with Gasteiger partial charge in [0.2, 0.25) is 10.0 Å². The van der Waals surface area contributed by atoms with E-state index in [1.807, 2.05) is 0 Å². The van der Waals surface area contributed by atoms with Crippen LogP contribution in [0.15, 0.2) is 24.3 Å². The molecule has 0 heterocycles. The summed E-state index contributed by atoms with van der Waals surface area (Å²) in [5.41, 5.74) is 0.277. The van der Waals surface area contributed by atoms with Gasteiger partial charge in [0.25, 0.3) is 0 Å². The molecule has 0 unspecified atom stereocenters. The average molecular weight is 306 g/mol. The summed E-state index contributed by atoms with van der Waals surface area (Å²) in [5, 5.41) is 0.267. The Morgan fingerprint density at radius 3 is 2.47 bits per heavy atom. The van der Waals surface area contributed by atoms with Crippen molar-refractivity contribution >= 4 is 33.3 Å². The average Bonchev–Trinajstić information content (AvgIpc) is 2.37. The highest BCUT2D eigenvalue weighted by molar-refractivity contribution is 7.92. The molecule has 0 aliphatic carbocycles. The van der Waals surface area contributed by atoms with Crippen molar-refractivity contribution in [2.24, 2.45) is 0 Å². The van der Waals surface area contributed by atoms with Crippen LogP contribution in [0.2, 0.25) is 5.02 Å². The lowest BCUT2D eigenvalue weighted by atomic mass is 10.3. The fourth-order valence-electron chi connectivity index (χ4n) is 1.47. The van der Waals surface area contributed by atoms with Gasteiger partial charge in [-0.1, -0.05) is 23.7 Å². The Kier molecular flexibility index (Phi) is 5.62. The normalized spacial score (nSPS) is 11.1. The molecule has 19 heavy (non-hydrogen) atoms. The fraction of sp³-hybridized carbons (Fsp3) is 0.417. The highest BCUT2D eigenvalue weighted by atomic mass is 35.5. The fourth-order valence-corrected chi connectivity index (χ4v) is 2.83. The van der Waals surface area contributed by atoms with E-state index in [-0.39, 0.29) is 29.6 Å². The molecule has 0 fully saturated rings. The lowest BCUT2D eigenvalue weighted by Crippen LogP contribution is -2.37. The summed E-state index contributed by atoms with van der Waals surface area (Å²) < 4.78 is 29.9. The zero-order valence-corrected chi connectivity index (χ0v) is 12.4. The molecule has 7 heteroatoms. The van der Waals surface area contributed by atoms with Gasteiger partial charge in [-0.2, -0.15) is 0 Å². The van der Waals surface area contributed by atoms with Crippen molar-refractivity contribution in [3.8, 4) is 0 Å². The number of halogens is 1. The molecule has 0 bridgehead atoms. The number of ether oxygens (including phenoxy) is 1. The monoisotopic (exact) mass is 305 g/mol. The van der Waals surface area contributed by atoms with Crippen molar-refractivity contribution in [2.45, 2.75) is 13.8 Å². The Hall–Kier alpha value is -1.27. The second kappa shape index (κ2) is 6.77. The maximum atomic E-state index is 12.1. The number of sulfonamides is 1. The van der Waals surface area contributed by atoms with Crippen LogP contribution in [0.4, 0.5) is 5.69 Å². The predicted octanol–water partition coefficient (Wildman–Crippen LogP) is 2.06. The van der Waals surface area contributed by atoms with E-state index >= 15 is 0 Å². The summed E-state index contributed by atoms with van der Waals surface area (Å²) in [6.45, 7) is 2.98. The van der Waals surface area contributed by atoms with E-state index in [0.717, 1.165) is 4.31 Å². The van der Waals surface area contributed by atoms with Crippen LogP contribution in [0.3, 0.4) is 0 Å². The Labute approximate surface area is 118 Å². The molecule has 1 rings (SSSR count). The van der Waals surface area contributed by atoms with E-state index in [1.165, 1.54) is 6.92 Å². The maximum Gasteiger partial charge on any atom is 0.326 e. The first-order valence-electron chi connectivity index (χ1n) is 5.83. The molecule has 0 amide bonds. The zero-order valence-electron chi connectivity index (χ0n) is 10.8. The topological polar surface area (TPSA) is 63.7 Å². The summed E-state index contributed by atoms with van der Waals surface area (Å²) in [4.78, 5) is 11.5. The van der Waals surface area contributed by atoms with E-state index < -0.39 is 16.0 Å². The van der Waals surface area contributed by atoms with Crippen LogP contribution >= 0.6 is 11.6 Å². The summed E-state index contributed by atoms with van der Waals surface area (Å²) in [6.07, 6.45) is 0. The van der Waals surface area contributed by atoms with E-state index in [0.29, 0.717) is 0 Å². The van der Waals surface area contributed by atoms with Crippen molar-refractivity contribution in [3.63, 3.8) is 0 Å². The van der Waals surface area contributed by atoms with Crippen LogP contribution in [0.25, 0.3) is 0 Å². The molecule has 0 N–H and O–H groups in total. The third kappa shape index (κ3) is 4.11.